The smallest absolute Gasteiger partial charge is 0.265 e. The largest absolute Gasteiger partial charge is 0.479 e. The molecule has 116 valence electrons. The van der Waals surface area contributed by atoms with Gasteiger partial charge in [0.05, 0.1) is 10.7 Å². The van der Waals surface area contributed by atoms with Gasteiger partial charge < -0.3 is 10.1 Å². The first-order valence-corrected chi connectivity index (χ1v) is 8.11. The van der Waals surface area contributed by atoms with Crippen molar-refractivity contribution in [1.82, 2.24) is 0 Å². The molecule has 0 aliphatic heterocycles. The normalized spacial score (nSPS) is 11.9. The van der Waals surface area contributed by atoms with Gasteiger partial charge in [-0.05, 0) is 59.6 Å². The molecule has 3 nitrogen and oxygen atoms in total. The average Bonchev–Trinajstić information content (AvgIpc) is 2.46. The summed E-state index contributed by atoms with van der Waals surface area (Å²) in [4.78, 5) is 12.2. The molecule has 1 atom stereocenters. The topological polar surface area (TPSA) is 38.3 Å². The van der Waals surface area contributed by atoms with Crippen molar-refractivity contribution in [2.24, 2.45) is 0 Å². The van der Waals surface area contributed by atoms with E-state index in [1.807, 2.05) is 25.1 Å². The Balaban J connectivity index is 2.07. The summed E-state index contributed by atoms with van der Waals surface area (Å²) in [5.74, 6) is 0.0976. The number of nitrogens with one attached hydrogen (secondary N) is 1. The van der Waals surface area contributed by atoms with Crippen LogP contribution in [0.5, 0.6) is 5.75 Å². The molecule has 2 aromatic rings. The summed E-state index contributed by atoms with van der Waals surface area (Å²) in [7, 11) is 0. The molecule has 2 aromatic carbocycles. The number of aryl methyl sites for hydroxylation is 1. The lowest BCUT2D eigenvalue weighted by molar-refractivity contribution is -0.122. The van der Waals surface area contributed by atoms with Crippen LogP contribution in [0.2, 0.25) is 10.0 Å². The first-order valence-electron chi connectivity index (χ1n) is 6.56. The molecule has 0 bridgehead atoms. The van der Waals surface area contributed by atoms with Crippen molar-refractivity contribution in [3.8, 4) is 5.75 Å². The minimum atomic E-state index is -0.718. The molecular weight excluding hydrogens is 389 g/mol. The van der Waals surface area contributed by atoms with Crippen LogP contribution in [0.3, 0.4) is 0 Å². The predicted octanol–water partition coefficient (Wildman–Crippen LogP) is 5.47. The highest BCUT2D eigenvalue weighted by molar-refractivity contribution is 9.10. The maximum absolute atomic E-state index is 12.2. The van der Waals surface area contributed by atoms with Crippen LogP contribution in [0, 0.1) is 6.92 Å². The molecule has 0 saturated carbocycles. The average molecular weight is 403 g/mol. The third kappa shape index (κ3) is 4.15. The fourth-order valence-electron chi connectivity index (χ4n) is 1.77. The van der Waals surface area contributed by atoms with Crippen LogP contribution in [-0.4, -0.2) is 12.0 Å². The van der Waals surface area contributed by atoms with Crippen LogP contribution < -0.4 is 10.1 Å². The van der Waals surface area contributed by atoms with E-state index in [9.17, 15) is 4.79 Å². The number of carbonyl (C=O) groups excluding carboxylic acids is 1. The maximum Gasteiger partial charge on any atom is 0.265 e. The van der Waals surface area contributed by atoms with Crippen LogP contribution in [0.25, 0.3) is 0 Å². The number of benzene rings is 2. The molecule has 0 radical (unpaired) electrons. The molecule has 1 N–H and O–H groups in total. The van der Waals surface area contributed by atoms with E-state index in [2.05, 4.69) is 21.2 Å². The van der Waals surface area contributed by atoms with E-state index in [0.29, 0.717) is 21.5 Å². The summed E-state index contributed by atoms with van der Waals surface area (Å²) < 4.78 is 6.39. The van der Waals surface area contributed by atoms with Crippen LogP contribution in [0.4, 0.5) is 5.69 Å². The zero-order valence-electron chi connectivity index (χ0n) is 12.0. The molecule has 0 fully saturated rings. The fourth-order valence-corrected chi connectivity index (χ4v) is 2.70. The lowest BCUT2D eigenvalue weighted by Crippen LogP contribution is -2.30. The lowest BCUT2D eigenvalue weighted by atomic mass is 10.2. The van der Waals surface area contributed by atoms with E-state index >= 15 is 0 Å². The summed E-state index contributed by atoms with van der Waals surface area (Å²) in [6.45, 7) is 3.62. The zero-order chi connectivity index (χ0) is 16.3. The van der Waals surface area contributed by atoms with Gasteiger partial charge in [0.25, 0.3) is 5.91 Å². The van der Waals surface area contributed by atoms with Gasteiger partial charge in [0.1, 0.15) is 10.8 Å². The fraction of sp³-hybridized carbons (Fsp3) is 0.188. The molecular formula is C16H14BrCl2NO2. The maximum atomic E-state index is 12.2. The Morgan fingerprint density at radius 2 is 2.00 bits per heavy atom. The van der Waals surface area contributed by atoms with Gasteiger partial charge in [0, 0.05) is 4.47 Å². The highest BCUT2D eigenvalue weighted by Crippen LogP contribution is 2.32. The second kappa shape index (κ2) is 7.36. The Kier molecular flexibility index (Phi) is 5.73. The van der Waals surface area contributed by atoms with Crippen molar-refractivity contribution in [3.05, 3.63) is 56.5 Å². The van der Waals surface area contributed by atoms with Gasteiger partial charge in [-0.15, -0.1) is 0 Å². The third-order valence-corrected chi connectivity index (χ3v) is 4.43. The van der Waals surface area contributed by atoms with Crippen molar-refractivity contribution in [2.75, 3.05) is 5.32 Å². The Hall–Kier alpha value is -1.23. The zero-order valence-corrected chi connectivity index (χ0v) is 15.1. The SMILES string of the molecule is Cc1ccc(NC(=O)C(C)Oc2cccc(Cl)c2Cl)c(Br)c1. The Bertz CT molecular complexity index is 707. The molecule has 22 heavy (non-hydrogen) atoms. The lowest BCUT2D eigenvalue weighted by Gasteiger charge is -2.16. The molecule has 0 saturated heterocycles. The molecule has 6 heteroatoms. The Morgan fingerprint density at radius 3 is 2.68 bits per heavy atom. The Morgan fingerprint density at radius 1 is 1.27 bits per heavy atom. The monoisotopic (exact) mass is 401 g/mol. The second-order valence-corrected chi connectivity index (χ2v) is 6.42. The highest BCUT2D eigenvalue weighted by Gasteiger charge is 2.18. The third-order valence-electron chi connectivity index (χ3n) is 2.97. The standard InChI is InChI=1S/C16H14BrCl2NO2/c1-9-6-7-13(11(17)8-9)20-16(21)10(2)22-14-5-3-4-12(18)15(14)19/h3-8,10H,1-2H3,(H,20,21). The summed E-state index contributed by atoms with van der Waals surface area (Å²) in [5.41, 5.74) is 1.78. The van der Waals surface area contributed by atoms with Crippen LogP contribution in [0.15, 0.2) is 40.9 Å². The summed E-state index contributed by atoms with van der Waals surface area (Å²) in [5, 5.41) is 3.48. The summed E-state index contributed by atoms with van der Waals surface area (Å²) in [6, 6.07) is 10.7. The molecule has 0 aliphatic rings. The molecule has 0 spiro atoms. The first kappa shape index (κ1) is 17.1. The molecule has 2 rings (SSSR count). The van der Waals surface area contributed by atoms with E-state index in [4.69, 9.17) is 27.9 Å². The van der Waals surface area contributed by atoms with Gasteiger partial charge in [-0.3, -0.25) is 4.79 Å². The number of amides is 1. The molecule has 1 unspecified atom stereocenters. The minimum absolute atomic E-state index is 0.277. The van der Waals surface area contributed by atoms with Crippen molar-refractivity contribution in [1.29, 1.82) is 0 Å². The predicted molar refractivity (Wildman–Crippen MR) is 94.1 cm³/mol. The van der Waals surface area contributed by atoms with Gasteiger partial charge in [-0.25, -0.2) is 0 Å². The van der Waals surface area contributed by atoms with Crippen molar-refractivity contribution >= 4 is 50.7 Å². The van der Waals surface area contributed by atoms with Gasteiger partial charge in [-0.2, -0.15) is 0 Å². The Labute approximate surface area is 147 Å². The quantitative estimate of drug-likeness (QED) is 0.736. The van der Waals surface area contributed by atoms with E-state index in [1.165, 1.54) is 0 Å². The molecule has 0 heterocycles. The van der Waals surface area contributed by atoms with Crippen molar-refractivity contribution in [3.63, 3.8) is 0 Å². The number of carbonyl (C=O) groups is 1. The number of ether oxygens (including phenoxy) is 1. The first-order chi connectivity index (χ1) is 10.4. The van der Waals surface area contributed by atoms with Crippen molar-refractivity contribution in [2.45, 2.75) is 20.0 Å². The van der Waals surface area contributed by atoms with Gasteiger partial charge in [0.15, 0.2) is 6.10 Å². The summed E-state index contributed by atoms with van der Waals surface area (Å²) >= 11 is 15.4. The summed E-state index contributed by atoms with van der Waals surface area (Å²) in [6.07, 6.45) is -0.718. The second-order valence-electron chi connectivity index (χ2n) is 4.78. The van der Waals surface area contributed by atoms with E-state index in [1.54, 1.807) is 25.1 Å². The number of hydrogen-bond acceptors (Lipinski definition) is 2. The molecule has 0 aromatic heterocycles. The van der Waals surface area contributed by atoms with Crippen LogP contribution >= 0.6 is 39.1 Å². The van der Waals surface area contributed by atoms with Gasteiger partial charge in [-0.1, -0.05) is 35.3 Å². The number of halogens is 3. The van der Waals surface area contributed by atoms with Crippen LogP contribution in [-0.2, 0) is 4.79 Å². The number of rotatable bonds is 4. The van der Waals surface area contributed by atoms with E-state index in [0.717, 1.165) is 10.0 Å². The number of anilines is 1. The van der Waals surface area contributed by atoms with E-state index in [-0.39, 0.29) is 5.91 Å². The van der Waals surface area contributed by atoms with E-state index < -0.39 is 6.10 Å². The van der Waals surface area contributed by atoms with Gasteiger partial charge >= 0.3 is 0 Å². The van der Waals surface area contributed by atoms with Crippen LogP contribution in [0.1, 0.15) is 12.5 Å². The van der Waals surface area contributed by atoms with Gasteiger partial charge in [0.2, 0.25) is 0 Å². The van der Waals surface area contributed by atoms with Crippen molar-refractivity contribution < 1.29 is 9.53 Å². The highest BCUT2D eigenvalue weighted by atomic mass is 79.9. The number of hydrogen-bond donors (Lipinski definition) is 1. The molecule has 0 aliphatic carbocycles. The minimum Gasteiger partial charge on any atom is -0.479 e. The molecule has 1 amide bonds.